The maximum Gasteiger partial charge on any atom is 0.152 e. The lowest BCUT2D eigenvalue weighted by Crippen LogP contribution is -2.35. The van der Waals surface area contributed by atoms with E-state index in [1.807, 2.05) is 48.0 Å². The summed E-state index contributed by atoms with van der Waals surface area (Å²) < 4.78 is 90.1. The van der Waals surface area contributed by atoms with Crippen molar-refractivity contribution < 1.29 is 77.4 Å². The van der Waals surface area contributed by atoms with E-state index in [1.165, 1.54) is 58.8 Å². The molecule has 0 unspecified atom stereocenters. The Labute approximate surface area is 700 Å². The number of aliphatic hydroxyl groups is 8. The molecule has 0 amide bonds. The smallest absolute Gasteiger partial charge is 0.152 e. The number of halogens is 5. The van der Waals surface area contributed by atoms with Crippen molar-refractivity contribution in [2.75, 3.05) is 50.4 Å². The first-order chi connectivity index (χ1) is 58.3. The van der Waals surface area contributed by atoms with E-state index in [4.69, 9.17) is 36.1 Å². The van der Waals surface area contributed by atoms with E-state index < -0.39 is 109 Å². The van der Waals surface area contributed by atoms with Gasteiger partial charge in [-0.05, 0) is 176 Å². The summed E-state index contributed by atoms with van der Waals surface area (Å²) in [5, 5.41) is 107. The number of nitriles is 1. The molecule has 4 aliphatic heterocycles. The van der Waals surface area contributed by atoms with Gasteiger partial charge in [0, 0.05) is 146 Å². The van der Waals surface area contributed by atoms with Crippen molar-refractivity contribution in [1.82, 2.24) is 59.1 Å². The lowest BCUT2D eigenvalue weighted by Gasteiger charge is -2.28. The fourth-order valence-corrected chi connectivity index (χ4v) is 19.5. The lowest BCUT2D eigenvalue weighted by atomic mass is 9.96. The van der Waals surface area contributed by atoms with Crippen LogP contribution in [-0.4, -0.2) is 190 Å². The maximum absolute atomic E-state index is 14.6. The number of anilines is 3. The van der Waals surface area contributed by atoms with Crippen LogP contribution in [0.2, 0.25) is 0 Å². The fourth-order valence-electron chi connectivity index (χ4n) is 18.9. The van der Waals surface area contributed by atoms with Gasteiger partial charge in [0.05, 0.1) is 57.3 Å². The Hall–Kier alpha value is -10.6. The third-order valence-electron chi connectivity index (χ3n) is 25.2. The Bertz CT molecular complexity index is 5970. The van der Waals surface area contributed by atoms with E-state index in [0.29, 0.717) is 107 Å². The van der Waals surface area contributed by atoms with Crippen molar-refractivity contribution in [3.8, 4) is 29.1 Å². The molecular weight excluding hydrogens is 1630 g/mol. The Balaban J connectivity index is 0.000000115. The summed E-state index contributed by atoms with van der Waals surface area (Å²) >= 11 is 3.52. The molecule has 4 aliphatic carbocycles. The standard InChI is InChI=1S/C22H22BrN5O3.C22H24F2N4O3.C22H25FN4O3.C22H24FN3O3/c23-14-10-28(22-19(14)15(25)2-4-27-22)16-7-18(21(30)20(16)29)31-17-6-11(8-24)5-12-1-3-26-9-13(12)17;1-10-6-16(12-8-26-4-2-11(12)19(10)24)31-17-7-15(20(29)21(17)30)28-9-13(23)18-14(25)3-5-27-22(18)28;1-26-8-6-13-12(10-26)3-2-4-17(13)30-18-9-16(20(28)21(18)29)27-11-14(23)19-15(24)5-7-25-22(19)27;1-12-5-8-25-22-19(12)15(23)11-26(22)16-9-18(21(28)20(16)27)29-17-4-2-3-13-6-7-24-10-14(13)17/h2,4-6,10,16,18,20-21,26,29-30H,1,3,7,9H2,(H2,25,27);3,5-6,9,15,17,20-21,26,29-30H,2,4,7-8H2,1H3,(H2,25,27);2-5,7,11,16,18,20-21,28-29H,6,8-10H2,1H3,(H2,24,25);2-5,8,11,16,18,20-21,24,27-28H,6-7,9-10H2,1H3/t16-,18+,20+,21-;15-,17+,20+,21-;2*16-,18+,20+,21-/m1111/s1. The molecule has 20 rings (SSSR count). The molecule has 33 heteroatoms. The molecule has 12 heterocycles. The number of fused-ring (bicyclic) bond motifs is 8. The Morgan fingerprint density at radius 1 is 0.438 bits per heavy atom. The second kappa shape index (κ2) is 34.0. The molecule has 0 bridgehead atoms. The zero-order chi connectivity index (χ0) is 84.7. The number of aryl methyl sites for hydroxylation is 2. The van der Waals surface area contributed by atoms with Gasteiger partial charge in [0.25, 0.3) is 0 Å². The molecule has 12 aromatic rings. The highest BCUT2D eigenvalue weighted by atomic mass is 79.9. The average molecular weight is 1720 g/mol. The van der Waals surface area contributed by atoms with Crippen LogP contribution in [0, 0.1) is 48.4 Å². The highest BCUT2D eigenvalue weighted by Gasteiger charge is 2.50. The van der Waals surface area contributed by atoms with E-state index in [1.54, 1.807) is 52.7 Å². The van der Waals surface area contributed by atoms with Crippen LogP contribution < -0.4 is 52.1 Å². The minimum atomic E-state index is -1.20. The first-order valence-electron chi connectivity index (χ1n) is 40.7. The van der Waals surface area contributed by atoms with Gasteiger partial charge < -0.3 is 116 Å². The number of nitrogens with one attached hydrogen (secondary N) is 3. The van der Waals surface area contributed by atoms with Gasteiger partial charge in [0.2, 0.25) is 0 Å². The van der Waals surface area contributed by atoms with Gasteiger partial charge in [-0.15, -0.1) is 0 Å². The maximum atomic E-state index is 14.6. The second-order valence-electron chi connectivity index (χ2n) is 32.7. The van der Waals surface area contributed by atoms with E-state index in [9.17, 15) is 63.7 Å². The zero-order valence-electron chi connectivity index (χ0n) is 66.5. The van der Waals surface area contributed by atoms with Crippen LogP contribution in [0.3, 0.4) is 0 Å². The quantitative estimate of drug-likeness (QED) is 0.0514. The van der Waals surface area contributed by atoms with Gasteiger partial charge in [-0.3, -0.25) is 0 Å². The second-order valence-corrected chi connectivity index (χ2v) is 33.5. The zero-order valence-corrected chi connectivity index (χ0v) is 68.1. The lowest BCUT2D eigenvalue weighted by molar-refractivity contribution is -0.0167. The number of nitrogens with two attached hydrogens (primary N) is 3. The Morgan fingerprint density at radius 2 is 0.843 bits per heavy atom. The molecule has 0 spiro atoms. The van der Waals surface area contributed by atoms with Crippen molar-refractivity contribution in [2.45, 2.75) is 189 Å². The third-order valence-corrected chi connectivity index (χ3v) is 25.8. The van der Waals surface area contributed by atoms with Gasteiger partial charge in [0.15, 0.2) is 17.5 Å². The molecule has 0 saturated heterocycles. The minimum Gasteiger partial charge on any atom is -0.487 e. The van der Waals surface area contributed by atoms with Crippen LogP contribution in [0.4, 0.5) is 34.6 Å². The number of rotatable bonds is 12. The molecule has 17 N–H and O–H groups in total. The third kappa shape index (κ3) is 15.5. The molecule has 4 aromatic carbocycles. The summed E-state index contributed by atoms with van der Waals surface area (Å²) in [5.74, 6) is 0.894. The van der Waals surface area contributed by atoms with E-state index >= 15 is 0 Å². The molecule has 634 valence electrons. The number of ether oxygens (including phenoxy) is 4. The molecular formula is C88H95BrF4N16O12. The van der Waals surface area contributed by atoms with Crippen LogP contribution in [0.5, 0.6) is 23.0 Å². The normalized spacial score (nSPS) is 26.1. The number of aliphatic hydroxyl groups excluding tert-OH is 8. The summed E-state index contributed by atoms with van der Waals surface area (Å²) in [7, 11) is 2.08. The number of pyridine rings is 4. The van der Waals surface area contributed by atoms with E-state index in [2.05, 4.69) is 82.0 Å². The van der Waals surface area contributed by atoms with Crippen molar-refractivity contribution in [1.29, 1.82) is 5.26 Å². The van der Waals surface area contributed by atoms with Crippen LogP contribution in [-0.2, 0) is 51.9 Å². The first-order valence-corrected chi connectivity index (χ1v) is 41.4. The molecule has 16 atom stereocenters. The predicted octanol–water partition coefficient (Wildman–Crippen LogP) is 8.08. The number of likely N-dealkylation sites (N-methyl/N-ethyl adjacent to an activating group) is 1. The van der Waals surface area contributed by atoms with Crippen LogP contribution >= 0.6 is 15.9 Å². The van der Waals surface area contributed by atoms with Crippen molar-refractivity contribution in [2.24, 2.45) is 0 Å². The molecule has 8 aromatic heterocycles. The summed E-state index contributed by atoms with van der Waals surface area (Å²) in [6.45, 7) is 9.59. The summed E-state index contributed by atoms with van der Waals surface area (Å²) in [4.78, 5) is 19.5. The van der Waals surface area contributed by atoms with E-state index in [0.717, 1.165) is 107 Å². The van der Waals surface area contributed by atoms with Crippen LogP contribution in [0.15, 0.2) is 133 Å². The van der Waals surface area contributed by atoms with Gasteiger partial charge in [0.1, 0.15) is 125 Å². The summed E-state index contributed by atoms with van der Waals surface area (Å²) in [5.41, 5.74) is 30.7. The topological polar surface area (TPSA) is 411 Å². The predicted molar refractivity (Wildman–Crippen MR) is 446 cm³/mol. The van der Waals surface area contributed by atoms with Gasteiger partial charge in [-0.25, -0.2) is 37.5 Å². The molecule has 4 fully saturated rings. The Kier molecular flexibility index (Phi) is 23.3. The minimum absolute atomic E-state index is 0.183. The number of benzene rings is 4. The monoisotopic (exact) mass is 1720 g/mol. The van der Waals surface area contributed by atoms with E-state index in [-0.39, 0.29) is 40.2 Å². The molecule has 0 radical (unpaired) electrons. The number of nitrogens with zero attached hydrogens (tertiary/aromatic N) is 10. The van der Waals surface area contributed by atoms with Crippen LogP contribution in [0.1, 0.15) is 111 Å². The first kappa shape index (κ1) is 82.7. The highest BCUT2D eigenvalue weighted by molar-refractivity contribution is 9.10. The van der Waals surface area contributed by atoms with Crippen LogP contribution in [0.25, 0.3) is 44.1 Å². The van der Waals surface area contributed by atoms with Crippen molar-refractivity contribution in [3.05, 3.63) is 217 Å². The summed E-state index contributed by atoms with van der Waals surface area (Å²) in [6, 6.07) is 23.7. The fraction of sp³-hybridized carbons (Fsp3) is 0.398. The highest BCUT2D eigenvalue weighted by Crippen LogP contribution is 2.46. The molecule has 121 heavy (non-hydrogen) atoms. The Morgan fingerprint density at radius 3 is 1.36 bits per heavy atom. The van der Waals surface area contributed by atoms with Gasteiger partial charge >= 0.3 is 0 Å². The molecule has 8 aliphatic rings. The van der Waals surface area contributed by atoms with Gasteiger partial charge in [-0.1, -0.05) is 24.3 Å². The number of hydrogen-bond acceptors (Lipinski definition) is 24. The van der Waals surface area contributed by atoms with Crippen molar-refractivity contribution in [3.63, 3.8) is 0 Å². The number of hydrogen-bond donors (Lipinski definition) is 14. The van der Waals surface area contributed by atoms with Gasteiger partial charge in [-0.2, -0.15) is 5.26 Å². The number of aromatic nitrogens is 8. The largest absolute Gasteiger partial charge is 0.487 e. The van der Waals surface area contributed by atoms with Crippen molar-refractivity contribution >= 4 is 77.1 Å². The summed E-state index contributed by atoms with van der Waals surface area (Å²) in [6.07, 6.45) is 4.96. The molecule has 4 saturated carbocycles. The average Bonchev–Trinajstić information content (AvgIpc) is 1.62. The SMILES string of the molecule is CN1CCc2c(cccc2O[C@H]2C[C@@H](n3cc(F)c4c(N)ccnc43)[C@H](O)[C@@H]2O)C1.Cc1cc(O[C@H]2C[C@@H](n3cc(F)c4c(N)ccnc43)[C@H](O)[C@@H]2O)c2c(c1F)CCNC2.Cc1ccnc2c1c(F)cn2[C@@H]1C[C@H](Oc2cccc3c2CNCC3)[C@@H](O)[C@H]1O.N#Cc1cc2c(c(O[C@H]3C[C@@H](n4cc(Br)c5c(N)ccnc54)[C@H](O)[C@@H]3O)c1)CNCC2. The number of nitrogen functional groups attached to an aromatic ring is 3. The molecule has 28 nitrogen and oxygen atoms in total.